The molecule has 2 aromatic carbocycles. The molecule has 0 amide bonds. The Morgan fingerprint density at radius 1 is 1.14 bits per heavy atom. The number of aromatic hydroxyl groups is 1. The average Bonchev–Trinajstić information content (AvgIpc) is 2.48. The summed E-state index contributed by atoms with van der Waals surface area (Å²) in [7, 11) is 0. The van der Waals surface area contributed by atoms with Crippen LogP contribution in [0.25, 0.3) is 0 Å². The number of phenolic OH excluding ortho intramolecular Hbond substituents is 1. The van der Waals surface area contributed by atoms with Gasteiger partial charge in [0, 0.05) is 19.6 Å². The number of ether oxygens (including phenoxy) is 1. The molecule has 0 saturated heterocycles. The second kappa shape index (κ2) is 6.19. The van der Waals surface area contributed by atoms with Gasteiger partial charge in [-0.2, -0.15) is 0 Å². The van der Waals surface area contributed by atoms with Crippen molar-refractivity contribution >= 4 is 0 Å². The molecule has 0 atom stereocenters. The molecular formula is C18H21NO2. The fourth-order valence-electron chi connectivity index (χ4n) is 2.89. The van der Waals surface area contributed by atoms with Gasteiger partial charge in [0.05, 0.1) is 6.61 Å². The zero-order valence-electron chi connectivity index (χ0n) is 12.4. The maximum absolute atomic E-state index is 9.54. The monoisotopic (exact) mass is 283 g/mol. The molecule has 1 heterocycles. The van der Waals surface area contributed by atoms with Crippen LogP contribution in [0.4, 0.5) is 0 Å². The molecule has 0 saturated carbocycles. The first-order valence-corrected chi connectivity index (χ1v) is 7.49. The maximum Gasteiger partial charge on any atom is 0.119 e. The van der Waals surface area contributed by atoms with Gasteiger partial charge in [-0.05, 0) is 54.3 Å². The van der Waals surface area contributed by atoms with Crippen LogP contribution >= 0.6 is 0 Å². The summed E-state index contributed by atoms with van der Waals surface area (Å²) in [6.45, 7) is 5.60. The Labute approximate surface area is 125 Å². The van der Waals surface area contributed by atoms with E-state index in [4.69, 9.17) is 4.74 Å². The predicted molar refractivity (Wildman–Crippen MR) is 83.5 cm³/mol. The lowest BCUT2D eigenvalue weighted by Crippen LogP contribution is -2.29. The fraction of sp³-hybridized carbons (Fsp3) is 0.333. The normalized spacial score (nSPS) is 14.7. The maximum atomic E-state index is 9.54. The molecule has 0 unspecified atom stereocenters. The van der Waals surface area contributed by atoms with Gasteiger partial charge >= 0.3 is 0 Å². The van der Waals surface area contributed by atoms with Crippen LogP contribution in [-0.4, -0.2) is 23.2 Å². The van der Waals surface area contributed by atoms with Crippen molar-refractivity contribution in [1.82, 2.24) is 4.90 Å². The van der Waals surface area contributed by atoms with E-state index in [1.807, 2.05) is 25.1 Å². The van der Waals surface area contributed by atoms with Gasteiger partial charge in [0.25, 0.3) is 0 Å². The van der Waals surface area contributed by atoms with Crippen molar-refractivity contribution in [2.24, 2.45) is 0 Å². The van der Waals surface area contributed by atoms with E-state index in [1.165, 1.54) is 16.7 Å². The zero-order valence-corrected chi connectivity index (χ0v) is 12.4. The number of hydrogen-bond acceptors (Lipinski definition) is 3. The van der Waals surface area contributed by atoms with Gasteiger partial charge in [-0.3, -0.25) is 4.90 Å². The lowest BCUT2D eigenvalue weighted by molar-refractivity contribution is 0.244. The SMILES string of the molecule is CCOc1cccc(CN2CCc3cc(O)ccc3C2)c1. The van der Waals surface area contributed by atoms with Crippen LogP contribution in [0.5, 0.6) is 11.5 Å². The van der Waals surface area contributed by atoms with Crippen LogP contribution in [0.15, 0.2) is 42.5 Å². The Kier molecular flexibility index (Phi) is 4.11. The van der Waals surface area contributed by atoms with Gasteiger partial charge < -0.3 is 9.84 Å². The average molecular weight is 283 g/mol. The van der Waals surface area contributed by atoms with Crippen LogP contribution < -0.4 is 4.74 Å². The highest BCUT2D eigenvalue weighted by atomic mass is 16.5. The van der Waals surface area contributed by atoms with Gasteiger partial charge in [-0.15, -0.1) is 0 Å². The Morgan fingerprint density at radius 2 is 2.05 bits per heavy atom. The molecule has 0 fully saturated rings. The topological polar surface area (TPSA) is 32.7 Å². The summed E-state index contributed by atoms with van der Waals surface area (Å²) >= 11 is 0. The third-order valence-corrected chi connectivity index (χ3v) is 3.90. The van der Waals surface area contributed by atoms with Crippen LogP contribution in [0.2, 0.25) is 0 Å². The molecule has 0 spiro atoms. The molecule has 1 aliphatic rings. The summed E-state index contributed by atoms with van der Waals surface area (Å²) in [6, 6.07) is 14.0. The van der Waals surface area contributed by atoms with Crippen molar-refractivity contribution in [1.29, 1.82) is 0 Å². The molecular weight excluding hydrogens is 262 g/mol. The number of benzene rings is 2. The van der Waals surface area contributed by atoms with E-state index >= 15 is 0 Å². The molecule has 1 aliphatic heterocycles. The number of hydrogen-bond donors (Lipinski definition) is 1. The lowest BCUT2D eigenvalue weighted by Gasteiger charge is -2.29. The molecule has 2 aromatic rings. The molecule has 3 nitrogen and oxygen atoms in total. The predicted octanol–water partition coefficient (Wildman–Crippen LogP) is 3.35. The first kappa shape index (κ1) is 14.0. The van der Waals surface area contributed by atoms with Crippen molar-refractivity contribution in [3.05, 3.63) is 59.2 Å². The highest BCUT2D eigenvalue weighted by molar-refractivity contribution is 5.36. The second-order valence-corrected chi connectivity index (χ2v) is 5.49. The van der Waals surface area contributed by atoms with E-state index < -0.39 is 0 Å². The Balaban J connectivity index is 1.69. The number of fused-ring (bicyclic) bond motifs is 1. The Morgan fingerprint density at radius 3 is 2.90 bits per heavy atom. The third-order valence-electron chi connectivity index (χ3n) is 3.90. The minimum absolute atomic E-state index is 0.367. The molecule has 21 heavy (non-hydrogen) atoms. The molecule has 0 bridgehead atoms. The van der Waals surface area contributed by atoms with Gasteiger partial charge in [-0.1, -0.05) is 18.2 Å². The quantitative estimate of drug-likeness (QED) is 0.934. The molecule has 3 rings (SSSR count). The highest BCUT2D eigenvalue weighted by Crippen LogP contribution is 2.24. The summed E-state index contributed by atoms with van der Waals surface area (Å²) in [6.07, 6.45) is 0.995. The van der Waals surface area contributed by atoms with E-state index in [-0.39, 0.29) is 0 Å². The highest BCUT2D eigenvalue weighted by Gasteiger charge is 2.16. The number of nitrogens with zero attached hydrogens (tertiary/aromatic N) is 1. The van der Waals surface area contributed by atoms with Gasteiger partial charge in [0.2, 0.25) is 0 Å². The van der Waals surface area contributed by atoms with Crippen LogP contribution in [0.3, 0.4) is 0 Å². The molecule has 1 N–H and O–H groups in total. The standard InChI is InChI=1S/C18H21NO2/c1-2-21-18-5-3-4-14(10-18)12-19-9-8-15-11-17(20)7-6-16(15)13-19/h3-7,10-11,20H,2,8-9,12-13H2,1H3. The van der Waals surface area contributed by atoms with Crippen molar-refractivity contribution in [2.75, 3.05) is 13.2 Å². The first-order chi connectivity index (χ1) is 10.2. The van der Waals surface area contributed by atoms with Gasteiger partial charge in [-0.25, -0.2) is 0 Å². The lowest BCUT2D eigenvalue weighted by atomic mass is 9.99. The second-order valence-electron chi connectivity index (χ2n) is 5.49. The molecule has 0 aliphatic carbocycles. The van der Waals surface area contributed by atoms with E-state index in [9.17, 15) is 5.11 Å². The van der Waals surface area contributed by atoms with Crippen molar-refractivity contribution < 1.29 is 9.84 Å². The zero-order chi connectivity index (χ0) is 14.7. The van der Waals surface area contributed by atoms with Crippen LogP contribution in [0.1, 0.15) is 23.6 Å². The van der Waals surface area contributed by atoms with Crippen LogP contribution in [0, 0.1) is 0 Å². The van der Waals surface area contributed by atoms with E-state index in [0.717, 1.165) is 31.8 Å². The largest absolute Gasteiger partial charge is 0.508 e. The molecule has 0 aromatic heterocycles. The molecule has 3 heteroatoms. The summed E-state index contributed by atoms with van der Waals surface area (Å²) in [5.74, 6) is 1.31. The Hall–Kier alpha value is -2.00. The van der Waals surface area contributed by atoms with E-state index in [2.05, 4.69) is 23.1 Å². The van der Waals surface area contributed by atoms with Crippen molar-refractivity contribution in [3.8, 4) is 11.5 Å². The number of phenols is 1. The summed E-state index contributed by atoms with van der Waals surface area (Å²) in [4.78, 5) is 2.43. The first-order valence-electron chi connectivity index (χ1n) is 7.49. The third kappa shape index (κ3) is 3.37. The van der Waals surface area contributed by atoms with E-state index in [0.29, 0.717) is 12.4 Å². The minimum Gasteiger partial charge on any atom is -0.508 e. The van der Waals surface area contributed by atoms with Gasteiger partial charge in [0.1, 0.15) is 11.5 Å². The van der Waals surface area contributed by atoms with Crippen LogP contribution in [-0.2, 0) is 19.5 Å². The minimum atomic E-state index is 0.367. The van der Waals surface area contributed by atoms with Crippen molar-refractivity contribution in [2.45, 2.75) is 26.4 Å². The van der Waals surface area contributed by atoms with Crippen molar-refractivity contribution in [3.63, 3.8) is 0 Å². The summed E-state index contributed by atoms with van der Waals surface area (Å²) in [5, 5.41) is 9.54. The summed E-state index contributed by atoms with van der Waals surface area (Å²) < 4.78 is 5.56. The van der Waals surface area contributed by atoms with Gasteiger partial charge in [0.15, 0.2) is 0 Å². The molecule has 110 valence electrons. The summed E-state index contributed by atoms with van der Waals surface area (Å²) in [5.41, 5.74) is 3.87. The smallest absolute Gasteiger partial charge is 0.119 e. The molecule has 0 radical (unpaired) electrons. The number of rotatable bonds is 4. The van der Waals surface area contributed by atoms with E-state index in [1.54, 1.807) is 6.07 Å². The fourth-order valence-corrected chi connectivity index (χ4v) is 2.89. The Bertz CT molecular complexity index is 624.